The molecule has 116 valence electrons. The number of fused-ring (bicyclic) bond motifs is 1. The lowest BCUT2D eigenvalue weighted by atomic mass is 10.2. The molecule has 0 atom stereocenters. The van der Waals surface area contributed by atoms with Gasteiger partial charge in [-0.15, -0.1) is 24.2 Å². The fourth-order valence-electron chi connectivity index (χ4n) is 2.32. The van der Waals surface area contributed by atoms with Crippen LogP contribution in [0.5, 0.6) is 0 Å². The summed E-state index contributed by atoms with van der Waals surface area (Å²) in [6.07, 6.45) is 1.78. The Bertz CT molecular complexity index is 656. The van der Waals surface area contributed by atoms with Gasteiger partial charge in [-0.2, -0.15) is 4.31 Å². The fraction of sp³-hybridized carbons (Fsp3) is 0.385. The summed E-state index contributed by atoms with van der Waals surface area (Å²) in [6, 6.07) is 5.54. The molecule has 1 N–H and O–H groups in total. The molecule has 2 heterocycles. The summed E-state index contributed by atoms with van der Waals surface area (Å²) >= 11 is 7.48. The summed E-state index contributed by atoms with van der Waals surface area (Å²) in [5.41, 5.74) is 0.930. The van der Waals surface area contributed by atoms with Crippen molar-refractivity contribution in [1.29, 1.82) is 0 Å². The molecule has 0 bridgehead atoms. The highest BCUT2D eigenvalue weighted by Gasteiger charge is 2.29. The van der Waals surface area contributed by atoms with Gasteiger partial charge >= 0.3 is 0 Å². The highest BCUT2D eigenvalue weighted by atomic mass is 35.5. The maximum Gasteiger partial charge on any atom is 0.240 e. The van der Waals surface area contributed by atoms with Gasteiger partial charge in [-0.3, -0.25) is 0 Å². The van der Waals surface area contributed by atoms with Crippen molar-refractivity contribution in [2.45, 2.75) is 4.90 Å². The zero-order valence-corrected chi connectivity index (χ0v) is 14.4. The first-order chi connectivity index (χ1) is 9.57. The quantitative estimate of drug-likeness (QED) is 0.873. The second-order valence-corrected chi connectivity index (χ2v) is 8.18. The predicted molar refractivity (Wildman–Crippen MR) is 90.8 cm³/mol. The molecule has 8 heteroatoms. The number of rotatable bonds is 2. The van der Waals surface area contributed by atoms with Gasteiger partial charge in [0.05, 0.1) is 4.91 Å². The van der Waals surface area contributed by atoms with E-state index in [-0.39, 0.29) is 12.4 Å². The van der Waals surface area contributed by atoms with Crippen LogP contribution in [0.15, 0.2) is 28.0 Å². The van der Waals surface area contributed by atoms with Gasteiger partial charge < -0.3 is 5.32 Å². The van der Waals surface area contributed by atoms with Crippen LogP contribution in [0, 0.1) is 0 Å². The van der Waals surface area contributed by atoms with E-state index in [0.29, 0.717) is 41.9 Å². The van der Waals surface area contributed by atoms with Gasteiger partial charge in [0, 0.05) is 41.8 Å². The van der Waals surface area contributed by atoms with Crippen molar-refractivity contribution in [1.82, 2.24) is 9.62 Å². The highest BCUT2D eigenvalue weighted by molar-refractivity contribution is 8.02. The Morgan fingerprint density at radius 1 is 1.24 bits per heavy atom. The number of piperazine rings is 1. The van der Waals surface area contributed by atoms with Crippen LogP contribution in [-0.2, 0) is 10.0 Å². The maximum absolute atomic E-state index is 12.6. The van der Waals surface area contributed by atoms with Crippen LogP contribution < -0.4 is 5.32 Å². The lowest BCUT2D eigenvalue weighted by Gasteiger charge is -2.28. The Morgan fingerprint density at radius 3 is 2.67 bits per heavy atom. The van der Waals surface area contributed by atoms with Gasteiger partial charge in [0.2, 0.25) is 10.0 Å². The fourth-order valence-corrected chi connectivity index (χ4v) is 5.48. The number of sulfonamides is 1. The van der Waals surface area contributed by atoms with Crippen LogP contribution in [-0.4, -0.2) is 44.7 Å². The number of hydrogen-bond donors (Lipinski definition) is 1. The van der Waals surface area contributed by atoms with E-state index < -0.39 is 10.0 Å². The molecule has 21 heavy (non-hydrogen) atoms. The molecule has 2 aliphatic rings. The van der Waals surface area contributed by atoms with Crippen molar-refractivity contribution in [2.24, 2.45) is 0 Å². The molecule has 1 aromatic carbocycles. The summed E-state index contributed by atoms with van der Waals surface area (Å²) in [7, 11) is -3.34. The van der Waals surface area contributed by atoms with Crippen molar-refractivity contribution in [3.05, 3.63) is 33.7 Å². The molecule has 1 saturated heterocycles. The average molecular weight is 367 g/mol. The van der Waals surface area contributed by atoms with Crippen LogP contribution >= 0.6 is 35.8 Å². The van der Waals surface area contributed by atoms with Crippen molar-refractivity contribution in [3.8, 4) is 0 Å². The third-order valence-corrected chi connectivity index (χ3v) is 6.92. The average Bonchev–Trinajstić information content (AvgIpc) is 2.47. The van der Waals surface area contributed by atoms with Crippen molar-refractivity contribution in [2.75, 3.05) is 31.9 Å². The van der Waals surface area contributed by atoms with Gasteiger partial charge in [-0.25, -0.2) is 8.42 Å². The van der Waals surface area contributed by atoms with Gasteiger partial charge in [0.15, 0.2) is 0 Å². The van der Waals surface area contributed by atoms with E-state index in [2.05, 4.69) is 5.32 Å². The lowest BCUT2D eigenvalue weighted by Crippen LogP contribution is -2.46. The van der Waals surface area contributed by atoms with Gasteiger partial charge in [0.25, 0.3) is 0 Å². The van der Waals surface area contributed by atoms with Gasteiger partial charge in [-0.05, 0) is 23.8 Å². The predicted octanol–water partition coefficient (Wildman–Crippen LogP) is 2.44. The number of hydrogen-bond acceptors (Lipinski definition) is 4. The molecule has 0 aromatic heterocycles. The van der Waals surface area contributed by atoms with Crippen molar-refractivity contribution >= 4 is 51.9 Å². The molecule has 0 spiro atoms. The zero-order chi connectivity index (χ0) is 14.2. The molecule has 0 aliphatic carbocycles. The van der Waals surface area contributed by atoms with E-state index in [4.69, 9.17) is 11.6 Å². The molecule has 0 saturated carbocycles. The first kappa shape index (κ1) is 17.1. The Kier molecular flexibility index (Phi) is 5.62. The number of benzene rings is 1. The van der Waals surface area contributed by atoms with Gasteiger partial charge in [0.1, 0.15) is 0 Å². The Hall–Kier alpha value is -0.240. The summed E-state index contributed by atoms with van der Waals surface area (Å²) in [4.78, 5) is 1.52. The van der Waals surface area contributed by atoms with Crippen molar-refractivity contribution in [3.63, 3.8) is 0 Å². The zero-order valence-electron chi connectivity index (χ0n) is 11.2. The molecule has 3 rings (SSSR count). The maximum atomic E-state index is 12.6. The van der Waals surface area contributed by atoms with E-state index in [9.17, 15) is 8.42 Å². The van der Waals surface area contributed by atoms with E-state index in [1.807, 2.05) is 12.1 Å². The monoisotopic (exact) mass is 366 g/mol. The van der Waals surface area contributed by atoms with Crippen LogP contribution in [0.1, 0.15) is 5.56 Å². The van der Waals surface area contributed by atoms with E-state index in [1.165, 1.54) is 11.8 Å². The first-order valence-corrected chi connectivity index (χ1v) is 9.21. The highest BCUT2D eigenvalue weighted by Crippen LogP contribution is 2.36. The number of nitrogens with zero attached hydrogens (tertiary/aromatic N) is 1. The van der Waals surface area contributed by atoms with Crippen LogP contribution in [0.2, 0.25) is 5.02 Å². The first-order valence-electron chi connectivity index (χ1n) is 6.41. The van der Waals surface area contributed by atoms with E-state index in [0.717, 1.165) is 10.5 Å². The molecule has 2 aliphatic heterocycles. The van der Waals surface area contributed by atoms with Crippen LogP contribution in [0.25, 0.3) is 6.08 Å². The number of halogens is 2. The smallest absolute Gasteiger partial charge is 0.240 e. The van der Waals surface area contributed by atoms with Crippen LogP contribution in [0.3, 0.4) is 0 Å². The standard InChI is InChI=1S/C13H15ClN2O2S2.ClH/c14-11-2-1-10-7-12(9-19-13(10)8-11)20(17,18)16-5-3-15-4-6-16;/h1-2,7-8,15H,3-6,9H2;1H. The molecule has 1 fully saturated rings. The lowest BCUT2D eigenvalue weighted by molar-refractivity contribution is 0.363. The topological polar surface area (TPSA) is 49.4 Å². The third kappa shape index (κ3) is 3.57. The number of thioether (sulfide) groups is 1. The second-order valence-electron chi connectivity index (χ2n) is 4.74. The Labute approximate surface area is 140 Å². The summed E-state index contributed by atoms with van der Waals surface area (Å²) in [5, 5.41) is 3.84. The summed E-state index contributed by atoms with van der Waals surface area (Å²) < 4.78 is 26.8. The van der Waals surface area contributed by atoms with Crippen molar-refractivity contribution < 1.29 is 8.42 Å². The molecule has 1 aromatic rings. The summed E-state index contributed by atoms with van der Waals surface area (Å²) in [6.45, 7) is 2.51. The Morgan fingerprint density at radius 2 is 1.95 bits per heavy atom. The molecule has 0 unspecified atom stereocenters. The minimum atomic E-state index is -3.34. The van der Waals surface area contributed by atoms with E-state index in [1.54, 1.807) is 16.4 Å². The Balaban J connectivity index is 0.00000161. The molecular weight excluding hydrogens is 351 g/mol. The summed E-state index contributed by atoms with van der Waals surface area (Å²) in [5.74, 6) is 0.472. The van der Waals surface area contributed by atoms with Gasteiger partial charge in [-0.1, -0.05) is 17.7 Å². The molecule has 0 radical (unpaired) electrons. The SMILES string of the molecule is Cl.O=S(=O)(C1=Cc2ccc(Cl)cc2SC1)N1CCNCC1. The third-order valence-electron chi connectivity index (χ3n) is 3.41. The van der Waals surface area contributed by atoms with Crippen LogP contribution in [0.4, 0.5) is 0 Å². The second kappa shape index (κ2) is 6.89. The minimum absolute atomic E-state index is 0. The molecule has 4 nitrogen and oxygen atoms in total. The normalized spacial score (nSPS) is 19.4. The molecule has 0 amide bonds. The largest absolute Gasteiger partial charge is 0.314 e. The minimum Gasteiger partial charge on any atom is -0.314 e. The van der Waals surface area contributed by atoms with E-state index >= 15 is 0 Å². The molecular formula is C13H16Cl2N2O2S2. The number of nitrogens with one attached hydrogen (secondary N) is 1.